The van der Waals surface area contributed by atoms with Crippen LogP contribution in [0.5, 0.6) is 11.5 Å². The second kappa shape index (κ2) is 12.7. The number of phenols is 1. The van der Waals surface area contributed by atoms with Gasteiger partial charge in [0.2, 0.25) is 0 Å². The Labute approximate surface area is 225 Å². The van der Waals surface area contributed by atoms with Crippen molar-refractivity contribution in [1.82, 2.24) is 4.90 Å². The van der Waals surface area contributed by atoms with E-state index in [0.29, 0.717) is 17.7 Å². The van der Waals surface area contributed by atoms with Gasteiger partial charge in [-0.25, -0.2) is 13.2 Å². The molecule has 204 valence electrons. The summed E-state index contributed by atoms with van der Waals surface area (Å²) in [4.78, 5) is 13.3. The van der Waals surface area contributed by atoms with Crippen LogP contribution in [0, 0.1) is 11.8 Å². The highest BCUT2D eigenvalue weighted by atomic mass is 32.2. The van der Waals surface area contributed by atoms with Crippen molar-refractivity contribution in [3.05, 3.63) is 83.9 Å². The van der Waals surface area contributed by atoms with Crippen LogP contribution in [0.1, 0.15) is 31.9 Å². The number of anilines is 1. The largest absolute Gasteiger partial charge is 0.505 e. The minimum absolute atomic E-state index is 0.00730. The number of rotatable bonds is 12. The van der Waals surface area contributed by atoms with Crippen molar-refractivity contribution in [3.63, 3.8) is 0 Å². The Morgan fingerprint density at radius 2 is 1.58 bits per heavy atom. The summed E-state index contributed by atoms with van der Waals surface area (Å²) >= 11 is 0. The number of amides is 1. The van der Waals surface area contributed by atoms with Crippen molar-refractivity contribution in [2.75, 3.05) is 24.5 Å². The Bertz CT molecular complexity index is 1310. The number of benzene rings is 3. The van der Waals surface area contributed by atoms with Crippen LogP contribution in [-0.2, 0) is 23.0 Å². The molecule has 38 heavy (non-hydrogen) atoms. The van der Waals surface area contributed by atoms with Gasteiger partial charge in [0, 0.05) is 19.6 Å². The predicted octanol–water partition coefficient (Wildman–Crippen LogP) is 5.61. The van der Waals surface area contributed by atoms with Crippen LogP contribution in [0.3, 0.4) is 0 Å². The molecule has 3 aromatic carbocycles. The molecule has 9 heteroatoms. The summed E-state index contributed by atoms with van der Waals surface area (Å²) < 4.78 is 33.7. The molecule has 0 aliphatic rings. The Morgan fingerprint density at radius 3 is 2.16 bits per heavy atom. The van der Waals surface area contributed by atoms with Crippen molar-refractivity contribution < 1.29 is 28.2 Å². The molecule has 0 radical (unpaired) electrons. The topological polar surface area (TPSA) is 107 Å². The van der Waals surface area contributed by atoms with Crippen molar-refractivity contribution in [1.29, 1.82) is 0 Å². The average molecular weight is 541 g/mol. The van der Waals surface area contributed by atoms with Gasteiger partial charge in [0.25, 0.3) is 10.0 Å². The van der Waals surface area contributed by atoms with E-state index in [9.17, 15) is 23.4 Å². The maximum absolute atomic E-state index is 13.6. The lowest BCUT2D eigenvalue weighted by molar-refractivity contribution is 0.134. The van der Waals surface area contributed by atoms with Gasteiger partial charge in [0.15, 0.2) is 0 Å². The molecular formula is C29H36N2O6S. The molecular weight excluding hydrogens is 504 g/mol. The van der Waals surface area contributed by atoms with Crippen LogP contribution in [0.15, 0.2) is 77.7 Å². The fourth-order valence-corrected chi connectivity index (χ4v) is 5.94. The number of hydrogen-bond acceptors (Lipinski definition) is 5. The van der Waals surface area contributed by atoms with Gasteiger partial charge in [-0.3, -0.25) is 4.31 Å². The van der Waals surface area contributed by atoms with Crippen molar-refractivity contribution >= 4 is 21.8 Å². The zero-order valence-electron chi connectivity index (χ0n) is 22.2. The van der Waals surface area contributed by atoms with Crippen LogP contribution >= 0.6 is 0 Å². The fourth-order valence-electron chi connectivity index (χ4n) is 4.31. The number of nitrogens with zero attached hydrogens (tertiary/aromatic N) is 2. The zero-order valence-corrected chi connectivity index (χ0v) is 23.1. The molecule has 0 saturated carbocycles. The van der Waals surface area contributed by atoms with E-state index in [1.54, 1.807) is 30.3 Å². The van der Waals surface area contributed by atoms with Gasteiger partial charge < -0.3 is 19.8 Å². The molecule has 1 amide bonds. The molecule has 0 saturated heterocycles. The SMILES string of the molecule is COc1ccc(S(=O)(=O)N(CC(C)C)c2cccc(C[C@@H](C)CN(Cc3ccccc3)C(=O)O)c2O)cc1. The molecule has 0 unspecified atom stereocenters. The molecule has 3 rings (SSSR count). The third-order valence-electron chi connectivity index (χ3n) is 6.13. The van der Waals surface area contributed by atoms with E-state index in [-0.39, 0.29) is 47.8 Å². The van der Waals surface area contributed by atoms with Crippen LogP contribution in [-0.4, -0.2) is 49.8 Å². The summed E-state index contributed by atoms with van der Waals surface area (Å²) in [6.07, 6.45) is -0.650. The van der Waals surface area contributed by atoms with Gasteiger partial charge in [-0.1, -0.05) is 63.2 Å². The van der Waals surface area contributed by atoms with E-state index in [1.807, 2.05) is 51.1 Å². The minimum Gasteiger partial charge on any atom is -0.505 e. The van der Waals surface area contributed by atoms with Gasteiger partial charge in [-0.05, 0) is 59.7 Å². The first-order valence-electron chi connectivity index (χ1n) is 12.5. The van der Waals surface area contributed by atoms with E-state index in [2.05, 4.69) is 0 Å². The summed E-state index contributed by atoms with van der Waals surface area (Å²) in [6, 6.07) is 20.6. The molecule has 0 bridgehead atoms. The van der Waals surface area contributed by atoms with E-state index >= 15 is 0 Å². The average Bonchev–Trinajstić information content (AvgIpc) is 2.88. The molecule has 0 aliphatic carbocycles. The minimum atomic E-state index is -3.97. The summed E-state index contributed by atoms with van der Waals surface area (Å²) in [7, 11) is -2.46. The Morgan fingerprint density at radius 1 is 0.921 bits per heavy atom. The number of carboxylic acid groups (broad SMARTS) is 1. The van der Waals surface area contributed by atoms with E-state index < -0.39 is 16.1 Å². The van der Waals surface area contributed by atoms with E-state index in [4.69, 9.17) is 4.74 Å². The van der Waals surface area contributed by atoms with Gasteiger partial charge in [-0.2, -0.15) is 0 Å². The highest BCUT2D eigenvalue weighted by molar-refractivity contribution is 7.92. The molecule has 8 nitrogen and oxygen atoms in total. The molecule has 0 heterocycles. The number of hydrogen-bond donors (Lipinski definition) is 2. The first-order chi connectivity index (χ1) is 18.0. The quantitative estimate of drug-likeness (QED) is 0.309. The smallest absolute Gasteiger partial charge is 0.407 e. The third kappa shape index (κ3) is 7.19. The van der Waals surface area contributed by atoms with Gasteiger partial charge in [0.1, 0.15) is 11.5 Å². The Kier molecular flexibility index (Phi) is 9.63. The van der Waals surface area contributed by atoms with Gasteiger partial charge in [-0.15, -0.1) is 0 Å². The zero-order chi connectivity index (χ0) is 27.9. The maximum Gasteiger partial charge on any atom is 0.407 e. The lowest BCUT2D eigenvalue weighted by Gasteiger charge is -2.28. The normalized spacial score (nSPS) is 12.2. The molecule has 0 fully saturated rings. The number of aromatic hydroxyl groups is 1. The highest BCUT2D eigenvalue weighted by Gasteiger charge is 2.29. The van der Waals surface area contributed by atoms with Crippen LogP contribution in [0.25, 0.3) is 0 Å². The summed E-state index contributed by atoms with van der Waals surface area (Å²) in [5, 5.41) is 21.0. The molecule has 3 aromatic rings. The van der Waals surface area contributed by atoms with E-state index in [0.717, 1.165) is 5.56 Å². The number of carbonyl (C=O) groups is 1. The van der Waals surface area contributed by atoms with E-state index in [1.165, 1.54) is 28.4 Å². The Balaban J connectivity index is 1.86. The number of para-hydroxylation sites is 1. The van der Waals surface area contributed by atoms with Crippen molar-refractivity contribution in [3.8, 4) is 11.5 Å². The number of ether oxygens (including phenoxy) is 1. The first kappa shape index (κ1) is 28.8. The highest BCUT2D eigenvalue weighted by Crippen LogP contribution is 2.36. The Hall–Kier alpha value is -3.72. The van der Waals surface area contributed by atoms with Gasteiger partial charge >= 0.3 is 6.09 Å². The lowest BCUT2D eigenvalue weighted by Crippen LogP contribution is -2.34. The number of methoxy groups -OCH3 is 1. The van der Waals surface area contributed by atoms with Crippen LogP contribution < -0.4 is 9.04 Å². The summed E-state index contributed by atoms with van der Waals surface area (Å²) in [6.45, 7) is 6.42. The first-order valence-corrected chi connectivity index (χ1v) is 14.0. The van der Waals surface area contributed by atoms with Crippen LogP contribution in [0.2, 0.25) is 0 Å². The fraction of sp³-hybridized carbons (Fsp3) is 0.345. The molecule has 2 N–H and O–H groups in total. The second-order valence-electron chi connectivity index (χ2n) is 9.85. The summed E-state index contributed by atoms with van der Waals surface area (Å²) in [5.41, 5.74) is 1.64. The molecule has 1 atom stereocenters. The van der Waals surface area contributed by atoms with Crippen LogP contribution in [0.4, 0.5) is 10.5 Å². The molecule has 0 spiro atoms. The van der Waals surface area contributed by atoms with Crippen molar-refractivity contribution in [2.45, 2.75) is 38.6 Å². The predicted molar refractivity (Wildman–Crippen MR) is 148 cm³/mol. The summed E-state index contributed by atoms with van der Waals surface area (Å²) in [5.74, 6) is 0.280. The maximum atomic E-state index is 13.6. The monoisotopic (exact) mass is 540 g/mol. The number of phenolic OH excluding ortho intramolecular Hbond substituents is 1. The van der Waals surface area contributed by atoms with Gasteiger partial charge in [0.05, 0.1) is 17.7 Å². The molecule has 0 aromatic heterocycles. The third-order valence-corrected chi connectivity index (χ3v) is 7.93. The lowest BCUT2D eigenvalue weighted by atomic mass is 9.99. The second-order valence-corrected chi connectivity index (χ2v) is 11.7. The van der Waals surface area contributed by atoms with Crippen molar-refractivity contribution in [2.24, 2.45) is 11.8 Å². The standard InChI is InChI=1S/C29H36N2O6S/c1-21(2)18-31(38(35,36)26-15-13-25(37-4)14-16-26)27-12-8-11-24(28(27)32)17-22(3)19-30(29(33)34)20-23-9-6-5-7-10-23/h5-16,21-22,32H,17-20H2,1-4H3,(H,33,34)/t22-/m1/s1. The molecule has 0 aliphatic heterocycles. The number of sulfonamides is 1.